The lowest BCUT2D eigenvalue weighted by Crippen LogP contribution is -2.08. The minimum atomic E-state index is -0.781. The maximum absolute atomic E-state index is 11.3. The molecule has 0 amide bonds. The number of nitrogens with zero attached hydrogens (tertiary/aromatic N) is 2. The number of ether oxygens (including phenoxy) is 1. The number of para-hydroxylation sites is 2. The van der Waals surface area contributed by atoms with Crippen molar-refractivity contribution in [1.82, 2.24) is 0 Å². The summed E-state index contributed by atoms with van der Waals surface area (Å²) in [5.74, 6) is -0.781. The zero-order valence-electron chi connectivity index (χ0n) is 10.1. The van der Waals surface area contributed by atoms with Crippen LogP contribution in [0, 0.1) is 21.4 Å². The predicted molar refractivity (Wildman–Crippen MR) is 67.0 cm³/mol. The number of benzene rings is 1. The van der Waals surface area contributed by atoms with E-state index >= 15 is 0 Å². The van der Waals surface area contributed by atoms with Crippen LogP contribution >= 0.6 is 0 Å². The number of esters is 1. The fourth-order valence-corrected chi connectivity index (χ4v) is 1.25. The number of rotatable bonds is 5. The molecule has 0 spiro atoms. The molecule has 1 N–H and O–H groups in total. The van der Waals surface area contributed by atoms with Gasteiger partial charge in [-0.25, -0.2) is 4.79 Å². The molecule has 19 heavy (non-hydrogen) atoms. The summed E-state index contributed by atoms with van der Waals surface area (Å²) in [4.78, 5) is 21.5. The molecule has 0 fully saturated rings. The van der Waals surface area contributed by atoms with Gasteiger partial charge in [-0.1, -0.05) is 12.1 Å². The Balaban J connectivity index is 2.94. The number of nitro benzene ring substituents is 1. The highest BCUT2D eigenvalue weighted by Gasteiger charge is 2.13. The van der Waals surface area contributed by atoms with Crippen molar-refractivity contribution in [3.05, 3.63) is 46.2 Å². The van der Waals surface area contributed by atoms with Crippen LogP contribution in [-0.2, 0) is 9.53 Å². The van der Waals surface area contributed by atoms with Crippen LogP contribution in [0.3, 0.4) is 0 Å². The third-order valence-corrected chi connectivity index (χ3v) is 2.09. The van der Waals surface area contributed by atoms with E-state index in [2.05, 4.69) is 10.1 Å². The Morgan fingerprint density at radius 1 is 1.58 bits per heavy atom. The Morgan fingerprint density at radius 2 is 2.26 bits per heavy atom. The van der Waals surface area contributed by atoms with E-state index in [1.807, 2.05) is 0 Å². The molecule has 0 unspecified atom stereocenters. The number of hydrogen-bond acceptors (Lipinski definition) is 6. The number of nitriles is 1. The van der Waals surface area contributed by atoms with E-state index < -0.39 is 10.9 Å². The third kappa shape index (κ3) is 3.81. The zero-order valence-corrected chi connectivity index (χ0v) is 10.1. The molecule has 0 saturated heterocycles. The molecule has 98 valence electrons. The van der Waals surface area contributed by atoms with Gasteiger partial charge in [0, 0.05) is 12.3 Å². The zero-order chi connectivity index (χ0) is 14.3. The van der Waals surface area contributed by atoms with E-state index in [9.17, 15) is 14.9 Å². The number of carbonyl (C=O) groups is 1. The summed E-state index contributed by atoms with van der Waals surface area (Å²) in [5, 5.41) is 22.1. The Hall–Kier alpha value is -2.88. The maximum Gasteiger partial charge on any atom is 0.350 e. The largest absolute Gasteiger partial charge is 0.462 e. The lowest BCUT2D eigenvalue weighted by Gasteiger charge is -2.03. The molecule has 0 aromatic heterocycles. The van der Waals surface area contributed by atoms with Gasteiger partial charge in [-0.3, -0.25) is 10.1 Å². The SMILES string of the molecule is CCOC(=O)/C(C#N)=C/Nc1ccccc1[N+](=O)[O-]. The molecule has 1 rings (SSSR count). The van der Waals surface area contributed by atoms with Gasteiger partial charge in [-0.05, 0) is 13.0 Å². The normalized spacial score (nSPS) is 10.4. The van der Waals surface area contributed by atoms with Gasteiger partial charge in [0.1, 0.15) is 11.8 Å². The number of nitro groups is 1. The minimum Gasteiger partial charge on any atom is -0.462 e. The van der Waals surface area contributed by atoms with Crippen LogP contribution in [-0.4, -0.2) is 17.5 Å². The molecule has 0 aliphatic rings. The Bertz CT molecular complexity index is 560. The highest BCUT2D eigenvalue weighted by molar-refractivity contribution is 5.93. The van der Waals surface area contributed by atoms with Gasteiger partial charge in [0.05, 0.1) is 11.5 Å². The van der Waals surface area contributed by atoms with Crippen molar-refractivity contribution in [1.29, 1.82) is 5.26 Å². The smallest absolute Gasteiger partial charge is 0.350 e. The molecule has 0 radical (unpaired) electrons. The van der Waals surface area contributed by atoms with Crippen molar-refractivity contribution in [3.8, 4) is 6.07 Å². The van der Waals surface area contributed by atoms with E-state index in [1.165, 1.54) is 18.2 Å². The first-order chi connectivity index (χ1) is 9.10. The minimum absolute atomic E-state index is 0.142. The predicted octanol–water partition coefficient (Wildman–Crippen LogP) is 1.98. The lowest BCUT2D eigenvalue weighted by atomic mass is 10.2. The standard InChI is InChI=1S/C12H11N3O4/c1-2-19-12(16)9(7-13)8-14-10-5-3-4-6-11(10)15(17)18/h3-6,8,14H,2H2,1H3/b9-8+. The van der Waals surface area contributed by atoms with Gasteiger partial charge in [-0.2, -0.15) is 5.26 Å². The van der Waals surface area contributed by atoms with Crippen LogP contribution in [0.1, 0.15) is 6.92 Å². The van der Waals surface area contributed by atoms with Crippen LogP contribution in [0.25, 0.3) is 0 Å². The van der Waals surface area contributed by atoms with Gasteiger partial charge in [0.25, 0.3) is 5.69 Å². The van der Waals surface area contributed by atoms with Crippen LogP contribution in [0.5, 0.6) is 0 Å². The first-order valence-corrected chi connectivity index (χ1v) is 5.37. The van der Waals surface area contributed by atoms with Crippen LogP contribution in [0.15, 0.2) is 36.0 Å². The molecule has 1 aromatic carbocycles. The Labute approximate surface area is 109 Å². The quantitative estimate of drug-likeness (QED) is 0.285. The average Bonchev–Trinajstić information content (AvgIpc) is 2.40. The van der Waals surface area contributed by atoms with Gasteiger partial charge < -0.3 is 10.1 Å². The maximum atomic E-state index is 11.3. The molecule has 7 nitrogen and oxygen atoms in total. The molecular weight excluding hydrogens is 250 g/mol. The van der Waals surface area contributed by atoms with Crippen LogP contribution in [0.4, 0.5) is 11.4 Å². The molecule has 0 aliphatic heterocycles. The fourth-order valence-electron chi connectivity index (χ4n) is 1.25. The van der Waals surface area contributed by atoms with Crippen molar-refractivity contribution in [2.45, 2.75) is 6.92 Å². The molecule has 0 atom stereocenters. The molecule has 7 heteroatoms. The topological polar surface area (TPSA) is 105 Å². The van der Waals surface area contributed by atoms with E-state index in [0.717, 1.165) is 6.20 Å². The number of nitrogens with one attached hydrogen (secondary N) is 1. The lowest BCUT2D eigenvalue weighted by molar-refractivity contribution is -0.383. The van der Waals surface area contributed by atoms with Crippen LogP contribution in [0.2, 0.25) is 0 Å². The van der Waals surface area contributed by atoms with Gasteiger partial charge in [-0.15, -0.1) is 0 Å². The highest BCUT2D eigenvalue weighted by atomic mass is 16.6. The monoisotopic (exact) mass is 261 g/mol. The first-order valence-electron chi connectivity index (χ1n) is 5.37. The van der Waals surface area contributed by atoms with Crippen LogP contribution < -0.4 is 5.32 Å². The van der Waals surface area contributed by atoms with Crippen molar-refractivity contribution >= 4 is 17.3 Å². The van der Waals surface area contributed by atoms with Crippen molar-refractivity contribution < 1.29 is 14.5 Å². The summed E-state index contributed by atoms with van der Waals surface area (Å²) >= 11 is 0. The second kappa shape index (κ2) is 6.76. The summed E-state index contributed by atoms with van der Waals surface area (Å²) in [6, 6.07) is 7.55. The van der Waals surface area contributed by atoms with Crippen molar-refractivity contribution in [3.63, 3.8) is 0 Å². The number of carbonyl (C=O) groups excluding carboxylic acids is 1. The van der Waals surface area contributed by atoms with E-state index in [4.69, 9.17) is 5.26 Å². The second-order valence-electron chi connectivity index (χ2n) is 3.31. The summed E-state index contributed by atoms with van der Waals surface area (Å²) < 4.78 is 4.66. The van der Waals surface area contributed by atoms with E-state index in [1.54, 1.807) is 19.1 Å². The summed E-state index contributed by atoms with van der Waals surface area (Å²) in [6.07, 6.45) is 1.08. The first kappa shape index (κ1) is 14.2. The third-order valence-electron chi connectivity index (χ3n) is 2.09. The van der Waals surface area contributed by atoms with Crippen molar-refractivity contribution in [2.24, 2.45) is 0 Å². The Kier molecular flexibility index (Phi) is 5.04. The van der Waals surface area contributed by atoms with Gasteiger partial charge in [0.2, 0.25) is 0 Å². The number of anilines is 1. The molecule has 0 saturated carbocycles. The molecular formula is C12H11N3O4. The van der Waals surface area contributed by atoms with Gasteiger partial charge in [0.15, 0.2) is 5.57 Å². The summed E-state index contributed by atoms with van der Waals surface area (Å²) in [7, 11) is 0. The summed E-state index contributed by atoms with van der Waals surface area (Å²) in [6.45, 7) is 1.76. The summed E-state index contributed by atoms with van der Waals surface area (Å²) in [5.41, 5.74) is -0.232. The second-order valence-corrected chi connectivity index (χ2v) is 3.31. The Morgan fingerprint density at radius 3 is 2.84 bits per heavy atom. The van der Waals surface area contributed by atoms with Gasteiger partial charge >= 0.3 is 5.97 Å². The number of hydrogen-bond donors (Lipinski definition) is 1. The van der Waals surface area contributed by atoms with E-state index in [0.29, 0.717) is 0 Å². The molecule has 0 bridgehead atoms. The van der Waals surface area contributed by atoms with Crippen molar-refractivity contribution in [2.75, 3.05) is 11.9 Å². The average molecular weight is 261 g/mol. The molecule has 0 aliphatic carbocycles. The molecule has 1 aromatic rings. The highest BCUT2D eigenvalue weighted by Crippen LogP contribution is 2.23. The fraction of sp³-hybridized carbons (Fsp3) is 0.167. The van der Waals surface area contributed by atoms with E-state index in [-0.39, 0.29) is 23.6 Å². The molecule has 0 heterocycles.